The van der Waals surface area contributed by atoms with Crippen LogP contribution in [-0.4, -0.2) is 43.5 Å². The molecule has 4 N–H and O–H groups in total. The lowest BCUT2D eigenvalue weighted by Gasteiger charge is -2.37. The van der Waals surface area contributed by atoms with Gasteiger partial charge in [0.05, 0.1) is 12.0 Å². The number of carbonyl (C=O) groups excluding carboxylic acids is 1. The van der Waals surface area contributed by atoms with Crippen LogP contribution in [0.4, 0.5) is 0 Å². The van der Waals surface area contributed by atoms with Crippen molar-refractivity contribution in [1.29, 1.82) is 0 Å². The Bertz CT molecular complexity index is 917. The molecular weight excluding hydrogens is 418 g/mol. The van der Waals surface area contributed by atoms with Crippen LogP contribution in [0.25, 0.3) is 0 Å². The number of nitrogens with zero attached hydrogens (tertiary/aromatic N) is 1. The van der Waals surface area contributed by atoms with E-state index in [0.717, 1.165) is 9.88 Å². The number of carbonyl (C=O) groups is 1. The molecule has 0 saturated heterocycles. The fourth-order valence-electron chi connectivity index (χ4n) is 3.16. The van der Waals surface area contributed by atoms with Crippen LogP contribution in [-0.2, 0) is 14.8 Å². The maximum absolute atomic E-state index is 13.6. The van der Waals surface area contributed by atoms with Crippen molar-refractivity contribution < 1.29 is 23.2 Å². The van der Waals surface area contributed by atoms with Gasteiger partial charge in [0.15, 0.2) is 0 Å². The molecule has 1 amide bonds. The number of nitrogens with two attached hydrogens (primary N) is 1. The average molecular weight is 452 g/mol. The first-order valence-corrected chi connectivity index (χ1v) is 11.3. The highest BCUT2D eigenvalue weighted by Gasteiger charge is 2.42. The van der Waals surface area contributed by atoms with E-state index in [-0.39, 0.29) is 11.4 Å². The molecule has 0 saturated carbocycles. The maximum Gasteiger partial charge on any atom is 0.262 e. The van der Waals surface area contributed by atoms with Crippen LogP contribution < -0.4 is 16.0 Å². The normalized spacial score (nSPS) is 13.9. The van der Waals surface area contributed by atoms with E-state index in [1.807, 2.05) is 0 Å². The van der Waals surface area contributed by atoms with E-state index in [1.165, 1.54) is 25.4 Å². The van der Waals surface area contributed by atoms with Crippen molar-refractivity contribution >= 4 is 15.9 Å². The Labute approximate surface area is 185 Å². The molecule has 8 nitrogen and oxygen atoms in total. The molecule has 0 radical (unpaired) electrons. The third kappa shape index (κ3) is 7.23. The molecule has 31 heavy (non-hydrogen) atoms. The highest BCUT2D eigenvalue weighted by Crippen LogP contribution is 2.31. The van der Waals surface area contributed by atoms with E-state index in [4.69, 9.17) is 10.5 Å². The zero-order valence-corrected chi connectivity index (χ0v) is 19.4. The van der Waals surface area contributed by atoms with Gasteiger partial charge in [-0.05, 0) is 42.2 Å². The quantitative estimate of drug-likeness (QED) is 0.270. The first-order chi connectivity index (χ1) is 14.5. The number of rotatable bonds is 11. The number of nitrogens with one attached hydrogen (secondary N) is 1. The molecule has 0 unspecified atom stereocenters. The van der Waals surface area contributed by atoms with E-state index >= 15 is 0 Å². The van der Waals surface area contributed by atoms with Gasteiger partial charge in [-0.2, -0.15) is 4.31 Å². The SMILES string of the molecule is C=C/C=C\C(=C/N)CCCN([C@@H](C(=O)NO)C(C)(C)C)S(=O)(=O)c1cccc(OC)c1. The summed E-state index contributed by atoms with van der Waals surface area (Å²) < 4.78 is 33.4. The Morgan fingerprint density at radius 3 is 2.58 bits per heavy atom. The van der Waals surface area contributed by atoms with Crippen LogP contribution >= 0.6 is 0 Å². The molecule has 0 heterocycles. The van der Waals surface area contributed by atoms with Gasteiger partial charge in [-0.25, -0.2) is 13.9 Å². The summed E-state index contributed by atoms with van der Waals surface area (Å²) in [6, 6.07) is 4.89. The fraction of sp³-hybridized carbons (Fsp3) is 0.409. The number of benzene rings is 1. The second-order valence-electron chi connectivity index (χ2n) is 7.98. The number of sulfonamides is 1. The lowest BCUT2D eigenvalue weighted by molar-refractivity contribution is -0.136. The van der Waals surface area contributed by atoms with Crippen molar-refractivity contribution in [3.05, 3.63) is 60.8 Å². The summed E-state index contributed by atoms with van der Waals surface area (Å²) in [5.41, 5.74) is 7.27. The van der Waals surface area contributed by atoms with Gasteiger partial charge >= 0.3 is 0 Å². The van der Waals surface area contributed by atoms with Gasteiger partial charge in [-0.1, -0.05) is 51.6 Å². The van der Waals surface area contributed by atoms with Crippen LogP contribution in [0.15, 0.2) is 65.7 Å². The van der Waals surface area contributed by atoms with Gasteiger partial charge in [-0.15, -0.1) is 0 Å². The molecule has 172 valence electrons. The van der Waals surface area contributed by atoms with Crippen molar-refractivity contribution in [2.75, 3.05) is 13.7 Å². The monoisotopic (exact) mass is 451 g/mol. The fourth-order valence-corrected chi connectivity index (χ4v) is 5.00. The third-order valence-electron chi connectivity index (χ3n) is 4.62. The lowest BCUT2D eigenvalue weighted by Crippen LogP contribution is -2.55. The summed E-state index contributed by atoms with van der Waals surface area (Å²) in [7, 11) is -2.65. The highest BCUT2D eigenvalue weighted by molar-refractivity contribution is 7.89. The minimum atomic E-state index is -4.10. The Kier molecular flexibility index (Phi) is 9.96. The van der Waals surface area contributed by atoms with E-state index in [2.05, 4.69) is 6.58 Å². The van der Waals surface area contributed by atoms with Gasteiger partial charge in [0, 0.05) is 12.6 Å². The van der Waals surface area contributed by atoms with Crippen LogP contribution in [0.1, 0.15) is 33.6 Å². The number of amides is 1. The highest BCUT2D eigenvalue weighted by atomic mass is 32.2. The molecular formula is C22H33N3O5S. The zero-order valence-electron chi connectivity index (χ0n) is 18.5. The predicted molar refractivity (Wildman–Crippen MR) is 121 cm³/mol. The third-order valence-corrected chi connectivity index (χ3v) is 6.48. The Morgan fingerprint density at radius 2 is 2.06 bits per heavy atom. The number of ether oxygens (including phenoxy) is 1. The molecule has 0 bridgehead atoms. The Hall–Kier alpha value is -2.62. The first-order valence-electron chi connectivity index (χ1n) is 9.82. The standard InChI is InChI=1S/C22H33N3O5S/c1-6-7-10-17(16-23)11-9-14-25(20(21(26)24-27)22(2,3)4)31(28,29)19-13-8-12-18(15-19)30-5/h6-8,10,12-13,15-16,20,27H,1,9,11,14,23H2,2-5H3,(H,24,26)/b10-7-,17-16+/t20-/m0/s1. The zero-order chi connectivity index (χ0) is 23.7. The summed E-state index contributed by atoms with van der Waals surface area (Å²) in [5.74, 6) is -0.428. The summed E-state index contributed by atoms with van der Waals surface area (Å²) in [5, 5.41) is 9.30. The van der Waals surface area contributed by atoms with Crippen molar-refractivity contribution in [2.45, 2.75) is 44.6 Å². The molecule has 1 atom stereocenters. The van der Waals surface area contributed by atoms with Crippen LogP contribution in [0.5, 0.6) is 5.75 Å². The molecule has 1 rings (SSSR count). The molecule has 0 fully saturated rings. The summed E-state index contributed by atoms with van der Waals surface area (Å²) in [4.78, 5) is 12.5. The number of methoxy groups -OCH3 is 1. The minimum Gasteiger partial charge on any atom is -0.497 e. The molecule has 1 aromatic rings. The van der Waals surface area contributed by atoms with Crippen LogP contribution in [0.3, 0.4) is 0 Å². The molecule has 0 spiro atoms. The Balaban J connectivity index is 3.39. The maximum atomic E-state index is 13.6. The first kappa shape index (κ1) is 26.4. The van der Waals surface area contributed by atoms with Crippen molar-refractivity contribution in [3.63, 3.8) is 0 Å². The molecule has 0 aromatic heterocycles. The predicted octanol–water partition coefficient (Wildman–Crippen LogP) is 2.97. The van der Waals surface area contributed by atoms with E-state index in [0.29, 0.717) is 18.6 Å². The lowest BCUT2D eigenvalue weighted by atomic mass is 9.86. The second kappa shape index (κ2) is 11.7. The smallest absolute Gasteiger partial charge is 0.262 e. The topological polar surface area (TPSA) is 122 Å². The minimum absolute atomic E-state index is 0.00650. The number of hydrogen-bond acceptors (Lipinski definition) is 6. The van der Waals surface area contributed by atoms with E-state index in [1.54, 1.807) is 56.6 Å². The molecule has 0 aliphatic heterocycles. The number of hydroxylamine groups is 1. The summed E-state index contributed by atoms with van der Waals surface area (Å²) >= 11 is 0. The van der Waals surface area contributed by atoms with E-state index in [9.17, 15) is 18.4 Å². The average Bonchev–Trinajstić information content (AvgIpc) is 2.73. The molecule has 1 aromatic carbocycles. The van der Waals surface area contributed by atoms with Gasteiger partial charge in [0.2, 0.25) is 10.0 Å². The van der Waals surface area contributed by atoms with E-state index < -0.39 is 27.4 Å². The number of hydrogen-bond donors (Lipinski definition) is 3. The van der Waals surface area contributed by atoms with Gasteiger partial charge in [0.25, 0.3) is 5.91 Å². The number of allylic oxidation sites excluding steroid dienone is 4. The summed E-state index contributed by atoms with van der Waals surface area (Å²) in [6.45, 7) is 8.86. The molecule has 0 aliphatic rings. The Morgan fingerprint density at radius 1 is 1.39 bits per heavy atom. The van der Waals surface area contributed by atoms with Gasteiger partial charge < -0.3 is 10.5 Å². The van der Waals surface area contributed by atoms with Crippen LogP contribution in [0.2, 0.25) is 0 Å². The van der Waals surface area contributed by atoms with Crippen LogP contribution in [0, 0.1) is 5.41 Å². The van der Waals surface area contributed by atoms with Gasteiger partial charge in [0.1, 0.15) is 11.8 Å². The second-order valence-corrected chi connectivity index (χ2v) is 9.87. The molecule has 9 heteroatoms. The van der Waals surface area contributed by atoms with Crippen molar-refractivity contribution in [1.82, 2.24) is 9.79 Å². The molecule has 0 aliphatic carbocycles. The van der Waals surface area contributed by atoms with Gasteiger partial charge in [-0.3, -0.25) is 10.0 Å². The van der Waals surface area contributed by atoms with Crippen molar-refractivity contribution in [2.24, 2.45) is 11.1 Å². The van der Waals surface area contributed by atoms with Crippen molar-refractivity contribution in [3.8, 4) is 5.75 Å². The largest absolute Gasteiger partial charge is 0.497 e. The summed E-state index contributed by atoms with van der Waals surface area (Å²) in [6.07, 6.45) is 7.48.